The average molecular weight is 566 g/mol. The van der Waals surface area contributed by atoms with Crippen molar-refractivity contribution in [1.82, 2.24) is 16.0 Å². The third-order valence-corrected chi connectivity index (χ3v) is 6.85. The summed E-state index contributed by atoms with van der Waals surface area (Å²) in [6, 6.07) is 10.9. The lowest BCUT2D eigenvalue weighted by Gasteiger charge is -2.29. The molecule has 1 heterocycles. The van der Waals surface area contributed by atoms with Gasteiger partial charge in [-0.25, -0.2) is 4.79 Å². The van der Waals surface area contributed by atoms with Gasteiger partial charge >= 0.3 is 12.0 Å². The van der Waals surface area contributed by atoms with Gasteiger partial charge in [-0.2, -0.15) is 8.78 Å². The molecule has 0 bridgehead atoms. The standard InChI is InChI=1S/C28H34ClF2N3O5/c1-2-3-12-23(26(37)33-22(17-35)15-19-13-14-32-25(19)36)34-27(38)39-24(18-8-5-4-6-9-18)28(30,31)20-10-7-11-21(29)16-20/h4-11,16,19,22-24,35H,2-3,12-15,17H2,1H3,(H,32,36)(H,33,37)(H,34,38)/t19-,22-,23-,24?/m0/s1. The third kappa shape index (κ3) is 8.37. The van der Waals surface area contributed by atoms with E-state index in [1.165, 1.54) is 30.3 Å². The molecule has 0 saturated carbocycles. The fourth-order valence-corrected chi connectivity index (χ4v) is 4.67. The van der Waals surface area contributed by atoms with Gasteiger partial charge in [-0.05, 0) is 37.0 Å². The molecular weight excluding hydrogens is 532 g/mol. The number of hydrogen-bond donors (Lipinski definition) is 4. The molecule has 1 saturated heterocycles. The monoisotopic (exact) mass is 565 g/mol. The summed E-state index contributed by atoms with van der Waals surface area (Å²) in [7, 11) is 0. The van der Waals surface area contributed by atoms with Crippen molar-refractivity contribution in [1.29, 1.82) is 0 Å². The molecule has 3 rings (SSSR count). The van der Waals surface area contributed by atoms with E-state index in [0.29, 0.717) is 25.8 Å². The van der Waals surface area contributed by atoms with Crippen molar-refractivity contribution < 1.29 is 33.0 Å². The lowest BCUT2D eigenvalue weighted by molar-refractivity contribution is -0.128. The second-order valence-electron chi connectivity index (χ2n) is 9.57. The summed E-state index contributed by atoms with van der Waals surface area (Å²) in [5, 5.41) is 17.7. The molecule has 4 atom stereocenters. The Kier molecular flexibility index (Phi) is 11.1. The number of aliphatic hydroxyl groups is 1. The number of aliphatic hydroxyl groups excluding tert-OH is 1. The Morgan fingerprint density at radius 2 is 1.92 bits per heavy atom. The Labute approximate surface area is 231 Å². The molecule has 0 aromatic heterocycles. The summed E-state index contributed by atoms with van der Waals surface area (Å²) in [4.78, 5) is 37.9. The topological polar surface area (TPSA) is 117 Å². The molecule has 1 fully saturated rings. The molecule has 8 nitrogen and oxygen atoms in total. The van der Waals surface area contributed by atoms with Gasteiger partial charge in [0.15, 0.2) is 6.10 Å². The van der Waals surface area contributed by atoms with Crippen LogP contribution >= 0.6 is 11.6 Å². The number of amides is 3. The zero-order valence-electron chi connectivity index (χ0n) is 21.7. The van der Waals surface area contributed by atoms with Crippen LogP contribution in [0.2, 0.25) is 5.02 Å². The van der Waals surface area contributed by atoms with E-state index in [1.54, 1.807) is 18.2 Å². The normalized spacial score (nSPS) is 17.6. The molecule has 212 valence electrons. The molecule has 4 N–H and O–H groups in total. The number of alkyl carbamates (subject to hydrolysis) is 1. The van der Waals surface area contributed by atoms with Gasteiger partial charge in [-0.1, -0.05) is 73.8 Å². The van der Waals surface area contributed by atoms with Crippen LogP contribution in [0, 0.1) is 5.92 Å². The number of hydrogen-bond acceptors (Lipinski definition) is 5. The first-order chi connectivity index (χ1) is 18.6. The van der Waals surface area contributed by atoms with E-state index in [1.807, 2.05) is 6.92 Å². The van der Waals surface area contributed by atoms with Crippen molar-refractivity contribution in [3.8, 4) is 0 Å². The van der Waals surface area contributed by atoms with E-state index >= 15 is 8.78 Å². The zero-order chi connectivity index (χ0) is 28.4. The molecule has 39 heavy (non-hydrogen) atoms. The van der Waals surface area contributed by atoms with E-state index in [-0.39, 0.29) is 35.3 Å². The van der Waals surface area contributed by atoms with Crippen LogP contribution < -0.4 is 16.0 Å². The molecule has 1 unspecified atom stereocenters. The molecule has 0 radical (unpaired) electrons. The number of carbonyl (C=O) groups is 3. The number of halogens is 3. The van der Waals surface area contributed by atoms with Crippen LogP contribution in [0.5, 0.6) is 0 Å². The lowest BCUT2D eigenvalue weighted by atomic mass is 9.97. The van der Waals surface area contributed by atoms with Gasteiger partial charge < -0.3 is 25.8 Å². The Morgan fingerprint density at radius 3 is 2.54 bits per heavy atom. The lowest BCUT2D eigenvalue weighted by Crippen LogP contribution is -2.51. The van der Waals surface area contributed by atoms with E-state index in [2.05, 4.69) is 16.0 Å². The van der Waals surface area contributed by atoms with E-state index in [0.717, 1.165) is 6.07 Å². The molecule has 1 aliphatic rings. The summed E-state index contributed by atoms with van der Waals surface area (Å²) in [5.41, 5.74) is -0.374. The second-order valence-corrected chi connectivity index (χ2v) is 10.0. The van der Waals surface area contributed by atoms with Crippen LogP contribution in [0.1, 0.15) is 56.3 Å². The van der Waals surface area contributed by atoms with Crippen LogP contribution in [-0.2, 0) is 20.2 Å². The van der Waals surface area contributed by atoms with Crippen LogP contribution in [0.15, 0.2) is 54.6 Å². The molecule has 2 aromatic carbocycles. The molecule has 3 amide bonds. The highest BCUT2D eigenvalue weighted by Gasteiger charge is 2.46. The molecule has 1 aliphatic heterocycles. The Morgan fingerprint density at radius 1 is 1.18 bits per heavy atom. The minimum atomic E-state index is -3.64. The fourth-order valence-electron chi connectivity index (χ4n) is 4.48. The summed E-state index contributed by atoms with van der Waals surface area (Å²) in [6.45, 7) is 2.03. The predicted octanol–water partition coefficient (Wildman–Crippen LogP) is 4.46. The van der Waals surface area contributed by atoms with E-state index in [4.69, 9.17) is 16.3 Å². The van der Waals surface area contributed by atoms with Crippen LogP contribution in [-0.4, -0.2) is 48.2 Å². The quantitative estimate of drug-likeness (QED) is 0.286. The molecule has 11 heteroatoms. The smallest absolute Gasteiger partial charge is 0.408 e. The maximum absolute atomic E-state index is 15.7. The zero-order valence-corrected chi connectivity index (χ0v) is 22.4. The number of alkyl halides is 2. The van der Waals surface area contributed by atoms with Crippen molar-refractivity contribution in [3.63, 3.8) is 0 Å². The van der Waals surface area contributed by atoms with Crippen LogP contribution in [0.25, 0.3) is 0 Å². The van der Waals surface area contributed by atoms with E-state index < -0.39 is 48.3 Å². The first-order valence-electron chi connectivity index (χ1n) is 13.0. The number of rotatable bonds is 13. The molecule has 2 aromatic rings. The number of carbonyl (C=O) groups excluding carboxylic acids is 3. The van der Waals surface area contributed by atoms with Crippen molar-refractivity contribution in [2.75, 3.05) is 13.2 Å². The van der Waals surface area contributed by atoms with Gasteiger partial charge in [0.2, 0.25) is 11.8 Å². The molecular formula is C28H34ClF2N3O5. The predicted molar refractivity (Wildman–Crippen MR) is 142 cm³/mol. The van der Waals surface area contributed by atoms with Gasteiger partial charge in [0.25, 0.3) is 0 Å². The SMILES string of the molecule is CCCC[C@H](NC(=O)OC(c1ccccc1)C(F)(F)c1cccc(Cl)c1)C(=O)N[C@H](CO)C[C@@H]1CCNC1=O. The first-order valence-corrected chi connectivity index (χ1v) is 13.4. The maximum Gasteiger partial charge on any atom is 0.408 e. The number of ether oxygens (including phenoxy) is 1. The number of nitrogens with one attached hydrogen (secondary N) is 3. The Hall–Kier alpha value is -3.24. The maximum atomic E-state index is 15.7. The minimum Gasteiger partial charge on any atom is -0.434 e. The Bertz CT molecular complexity index is 1120. The van der Waals surface area contributed by atoms with Gasteiger partial charge in [0.1, 0.15) is 6.04 Å². The number of unbranched alkanes of at least 4 members (excludes halogenated alkanes) is 1. The highest BCUT2D eigenvalue weighted by Crippen LogP contribution is 2.43. The van der Waals surface area contributed by atoms with Gasteiger partial charge in [-0.3, -0.25) is 9.59 Å². The van der Waals surface area contributed by atoms with E-state index in [9.17, 15) is 19.5 Å². The van der Waals surface area contributed by atoms with Crippen molar-refractivity contribution in [3.05, 3.63) is 70.7 Å². The Balaban J connectivity index is 1.75. The van der Waals surface area contributed by atoms with Crippen LogP contribution in [0.3, 0.4) is 0 Å². The highest BCUT2D eigenvalue weighted by molar-refractivity contribution is 6.30. The highest BCUT2D eigenvalue weighted by atomic mass is 35.5. The first kappa shape index (κ1) is 30.3. The van der Waals surface area contributed by atoms with Crippen LogP contribution in [0.4, 0.5) is 13.6 Å². The average Bonchev–Trinajstić information content (AvgIpc) is 3.33. The fraction of sp³-hybridized carbons (Fsp3) is 0.464. The molecule has 0 aliphatic carbocycles. The van der Waals surface area contributed by atoms with Gasteiger partial charge in [-0.15, -0.1) is 0 Å². The number of benzene rings is 2. The summed E-state index contributed by atoms with van der Waals surface area (Å²) in [6.07, 6.45) is -0.868. The minimum absolute atomic E-state index is 0.0577. The third-order valence-electron chi connectivity index (χ3n) is 6.62. The molecule has 0 spiro atoms. The van der Waals surface area contributed by atoms with Crippen molar-refractivity contribution >= 4 is 29.5 Å². The van der Waals surface area contributed by atoms with Gasteiger partial charge in [0, 0.05) is 23.0 Å². The summed E-state index contributed by atoms with van der Waals surface area (Å²) < 4.78 is 36.7. The summed E-state index contributed by atoms with van der Waals surface area (Å²) in [5.74, 6) is -4.72. The second kappa shape index (κ2) is 14.2. The largest absolute Gasteiger partial charge is 0.434 e. The van der Waals surface area contributed by atoms with Gasteiger partial charge in [0.05, 0.1) is 12.6 Å². The van der Waals surface area contributed by atoms with Crippen molar-refractivity contribution in [2.45, 2.75) is 63.1 Å². The van der Waals surface area contributed by atoms with Crippen molar-refractivity contribution in [2.24, 2.45) is 5.92 Å². The summed E-state index contributed by atoms with van der Waals surface area (Å²) >= 11 is 5.94.